The third kappa shape index (κ3) is 4.03. The van der Waals surface area contributed by atoms with Crippen LogP contribution in [0.25, 0.3) is 16.9 Å². The Kier molecular flexibility index (Phi) is 5.21. The molecule has 140 valence electrons. The lowest BCUT2D eigenvalue weighted by molar-refractivity contribution is -0.137. The lowest BCUT2D eigenvalue weighted by Gasteiger charge is -2.32. The predicted octanol–water partition coefficient (Wildman–Crippen LogP) is 4.08. The van der Waals surface area contributed by atoms with Gasteiger partial charge < -0.3 is 9.51 Å². The van der Waals surface area contributed by atoms with Crippen LogP contribution in [0.1, 0.15) is 31.4 Å². The molecule has 1 aromatic carbocycles. The minimum absolute atomic E-state index is 0.267. The van der Waals surface area contributed by atoms with Crippen LogP contribution in [0.2, 0.25) is 0 Å². The maximum absolute atomic E-state index is 10.9. The van der Waals surface area contributed by atoms with Crippen LogP contribution < -0.4 is 0 Å². The van der Waals surface area contributed by atoms with Crippen LogP contribution >= 0.6 is 0 Å². The summed E-state index contributed by atoms with van der Waals surface area (Å²) in [5.74, 6) is -0.227. The zero-order valence-electron chi connectivity index (χ0n) is 15.4. The van der Waals surface area contributed by atoms with Gasteiger partial charge in [-0.1, -0.05) is 36.4 Å². The Labute approximate surface area is 159 Å². The maximum atomic E-state index is 10.9. The molecule has 1 saturated heterocycles. The average molecular weight is 363 g/mol. The molecule has 0 aliphatic carbocycles. The number of benzene rings is 1. The lowest BCUT2D eigenvalue weighted by Crippen LogP contribution is -2.35. The van der Waals surface area contributed by atoms with Gasteiger partial charge in [-0.25, -0.2) is 4.98 Å². The number of hydrogen-bond donors (Lipinski definition) is 1. The number of aromatic nitrogens is 2. The quantitative estimate of drug-likeness (QED) is 0.717. The Bertz CT molecular complexity index is 920. The number of fused-ring (bicyclic) bond motifs is 1. The van der Waals surface area contributed by atoms with Crippen molar-refractivity contribution in [3.05, 3.63) is 60.4 Å². The fourth-order valence-corrected chi connectivity index (χ4v) is 4.09. The molecule has 27 heavy (non-hydrogen) atoms. The van der Waals surface area contributed by atoms with E-state index in [0.29, 0.717) is 5.92 Å². The first-order valence-electron chi connectivity index (χ1n) is 9.66. The van der Waals surface area contributed by atoms with E-state index in [1.165, 1.54) is 5.69 Å². The lowest BCUT2D eigenvalue weighted by atomic mass is 9.93. The minimum atomic E-state index is -0.694. The summed E-state index contributed by atoms with van der Waals surface area (Å²) >= 11 is 0. The van der Waals surface area contributed by atoms with Gasteiger partial charge in [-0.3, -0.25) is 9.69 Å². The van der Waals surface area contributed by atoms with Crippen molar-refractivity contribution in [1.82, 2.24) is 14.3 Å². The molecule has 1 aliphatic rings. The molecule has 0 saturated carbocycles. The summed E-state index contributed by atoms with van der Waals surface area (Å²) in [4.78, 5) is 18.2. The highest BCUT2D eigenvalue weighted by Crippen LogP contribution is 2.28. The second kappa shape index (κ2) is 7.92. The number of likely N-dealkylation sites (tertiary alicyclic amines) is 1. The fraction of sp³-hybridized carbons (Fsp3) is 0.364. The molecule has 1 fully saturated rings. The molecule has 1 N–H and O–H groups in total. The maximum Gasteiger partial charge on any atom is 0.303 e. The van der Waals surface area contributed by atoms with E-state index in [0.717, 1.165) is 55.8 Å². The molecule has 3 heterocycles. The van der Waals surface area contributed by atoms with E-state index in [2.05, 4.69) is 27.6 Å². The van der Waals surface area contributed by atoms with Crippen molar-refractivity contribution >= 4 is 11.6 Å². The van der Waals surface area contributed by atoms with Gasteiger partial charge in [0.2, 0.25) is 0 Å². The van der Waals surface area contributed by atoms with Gasteiger partial charge in [-0.05, 0) is 43.9 Å². The Morgan fingerprint density at radius 3 is 2.78 bits per heavy atom. The SMILES string of the molecule is O=C(O)CCC1CCCN(Cc2c(-c3ccccc3)nc3ccccn23)C1. The Morgan fingerprint density at radius 1 is 1.15 bits per heavy atom. The zero-order chi connectivity index (χ0) is 18.6. The van der Waals surface area contributed by atoms with Crippen LogP contribution in [-0.2, 0) is 11.3 Å². The molecule has 1 aliphatic heterocycles. The molecule has 0 radical (unpaired) electrons. The molecule has 0 bridgehead atoms. The van der Waals surface area contributed by atoms with Crippen molar-refractivity contribution in [2.75, 3.05) is 13.1 Å². The van der Waals surface area contributed by atoms with Gasteiger partial charge in [0.05, 0.1) is 11.4 Å². The highest BCUT2D eigenvalue weighted by atomic mass is 16.4. The standard InChI is InChI=1S/C22H25N3O2/c26-21(27)12-11-17-7-6-13-24(15-17)16-19-22(18-8-2-1-3-9-18)23-20-10-4-5-14-25(19)20/h1-5,8-10,14,17H,6-7,11-13,15-16H2,(H,26,27). The summed E-state index contributed by atoms with van der Waals surface area (Å²) in [6.45, 7) is 2.85. The summed E-state index contributed by atoms with van der Waals surface area (Å²) < 4.78 is 2.18. The molecule has 4 rings (SSSR count). The number of hydrogen-bond acceptors (Lipinski definition) is 3. The van der Waals surface area contributed by atoms with Crippen LogP contribution in [-0.4, -0.2) is 38.4 Å². The molecule has 0 spiro atoms. The van der Waals surface area contributed by atoms with Gasteiger partial charge >= 0.3 is 5.97 Å². The van der Waals surface area contributed by atoms with E-state index in [1.54, 1.807) is 0 Å². The third-order valence-corrected chi connectivity index (χ3v) is 5.42. The molecule has 1 atom stereocenters. The zero-order valence-corrected chi connectivity index (χ0v) is 15.4. The second-order valence-electron chi connectivity index (χ2n) is 7.38. The Morgan fingerprint density at radius 2 is 1.96 bits per heavy atom. The molecule has 5 heteroatoms. The molecular formula is C22H25N3O2. The number of carbonyl (C=O) groups is 1. The van der Waals surface area contributed by atoms with Crippen molar-refractivity contribution < 1.29 is 9.90 Å². The summed E-state index contributed by atoms with van der Waals surface area (Å²) in [6, 6.07) is 16.4. The van der Waals surface area contributed by atoms with Crippen LogP contribution in [0.15, 0.2) is 54.7 Å². The molecule has 1 unspecified atom stereocenters. The van der Waals surface area contributed by atoms with Gasteiger partial charge in [0, 0.05) is 31.3 Å². The number of pyridine rings is 1. The second-order valence-corrected chi connectivity index (χ2v) is 7.38. The third-order valence-electron chi connectivity index (χ3n) is 5.42. The van der Waals surface area contributed by atoms with Crippen LogP contribution in [0, 0.1) is 5.92 Å². The smallest absolute Gasteiger partial charge is 0.303 e. The first kappa shape index (κ1) is 17.7. The fourth-order valence-electron chi connectivity index (χ4n) is 4.09. The first-order chi connectivity index (χ1) is 13.2. The number of aliphatic carboxylic acids is 1. The van der Waals surface area contributed by atoms with E-state index in [-0.39, 0.29) is 6.42 Å². The summed E-state index contributed by atoms with van der Waals surface area (Å²) in [6.07, 6.45) is 5.37. The van der Waals surface area contributed by atoms with E-state index >= 15 is 0 Å². The number of nitrogens with zero attached hydrogens (tertiary/aromatic N) is 3. The van der Waals surface area contributed by atoms with E-state index in [4.69, 9.17) is 10.1 Å². The highest BCUT2D eigenvalue weighted by molar-refractivity contribution is 5.67. The Balaban J connectivity index is 1.60. The summed E-state index contributed by atoms with van der Waals surface area (Å²) in [5.41, 5.74) is 4.34. The average Bonchev–Trinajstić information content (AvgIpc) is 3.06. The van der Waals surface area contributed by atoms with Crippen LogP contribution in [0.4, 0.5) is 0 Å². The van der Waals surface area contributed by atoms with Gasteiger partial charge in [0.1, 0.15) is 5.65 Å². The van der Waals surface area contributed by atoms with Gasteiger partial charge in [-0.2, -0.15) is 0 Å². The van der Waals surface area contributed by atoms with Gasteiger partial charge in [-0.15, -0.1) is 0 Å². The van der Waals surface area contributed by atoms with Crippen LogP contribution in [0.3, 0.4) is 0 Å². The van der Waals surface area contributed by atoms with E-state index < -0.39 is 5.97 Å². The largest absolute Gasteiger partial charge is 0.481 e. The normalized spacial score (nSPS) is 18.0. The topological polar surface area (TPSA) is 57.8 Å². The van der Waals surface area contributed by atoms with E-state index in [1.807, 2.05) is 36.4 Å². The van der Waals surface area contributed by atoms with Gasteiger partial charge in [0.25, 0.3) is 0 Å². The number of piperidine rings is 1. The highest BCUT2D eigenvalue weighted by Gasteiger charge is 2.23. The van der Waals surface area contributed by atoms with Crippen molar-refractivity contribution in [3.8, 4) is 11.3 Å². The van der Waals surface area contributed by atoms with Crippen molar-refractivity contribution in [2.45, 2.75) is 32.2 Å². The monoisotopic (exact) mass is 363 g/mol. The van der Waals surface area contributed by atoms with Crippen molar-refractivity contribution in [3.63, 3.8) is 0 Å². The molecule has 2 aromatic heterocycles. The summed E-state index contributed by atoms with van der Waals surface area (Å²) in [5, 5.41) is 8.97. The Hall–Kier alpha value is -2.66. The van der Waals surface area contributed by atoms with Gasteiger partial charge in [0.15, 0.2) is 0 Å². The number of rotatable bonds is 6. The molecule has 0 amide bonds. The predicted molar refractivity (Wildman–Crippen MR) is 105 cm³/mol. The van der Waals surface area contributed by atoms with Crippen molar-refractivity contribution in [1.29, 1.82) is 0 Å². The molecule has 5 nitrogen and oxygen atoms in total. The molecule has 3 aromatic rings. The number of carboxylic acid groups (broad SMARTS) is 1. The summed E-state index contributed by atoms with van der Waals surface area (Å²) in [7, 11) is 0. The number of carboxylic acids is 1. The molecular weight excluding hydrogens is 338 g/mol. The first-order valence-corrected chi connectivity index (χ1v) is 9.66. The minimum Gasteiger partial charge on any atom is -0.481 e. The van der Waals surface area contributed by atoms with E-state index in [9.17, 15) is 4.79 Å². The van der Waals surface area contributed by atoms with Crippen LogP contribution in [0.5, 0.6) is 0 Å². The number of imidazole rings is 1. The van der Waals surface area contributed by atoms with Crippen molar-refractivity contribution in [2.24, 2.45) is 5.92 Å².